The number of benzene rings is 2. The number of anilines is 2. The van der Waals surface area contributed by atoms with E-state index in [-0.39, 0.29) is 17.3 Å². The van der Waals surface area contributed by atoms with Gasteiger partial charge in [0.25, 0.3) is 15.9 Å². The zero-order valence-electron chi connectivity index (χ0n) is 15.4. The molecule has 2 N–H and O–H groups in total. The molecule has 0 radical (unpaired) electrons. The van der Waals surface area contributed by atoms with Crippen molar-refractivity contribution in [2.24, 2.45) is 0 Å². The van der Waals surface area contributed by atoms with Crippen LogP contribution in [0.4, 0.5) is 11.4 Å². The Morgan fingerprint density at radius 1 is 1.07 bits per heavy atom. The molecule has 1 amide bonds. The number of ether oxygens (including phenoxy) is 1. The second-order valence-electron chi connectivity index (χ2n) is 6.10. The van der Waals surface area contributed by atoms with Gasteiger partial charge in [-0.1, -0.05) is 24.3 Å². The molecular formula is C20H20N2O5S. The molecule has 0 saturated heterocycles. The van der Waals surface area contributed by atoms with Gasteiger partial charge in [0.1, 0.15) is 12.4 Å². The summed E-state index contributed by atoms with van der Waals surface area (Å²) in [6, 6.07) is 16.3. The molecule has 0 spiro atoms. The van der Waals surface area contributed by atoms with Gasteiger partial charge in [0.15, 0.2) is 5.76 Å². The van der Waals surface area contributed by atoms with Crippen LogP contribution in [0.5, 0.6) is 0 Å². The summed E-state index contributed by atoms with van der Waals surface area (Å²) in [6.07, 6.45) is 0. The molecule has 146 valence electrons. The summed E-state index contributed by atoms with van der Waals surface area (Å²) in [5.74, 6) is 0.231. The molecule has 3 aromatic rings. The molecule has 28 heavy (non-hydrogen) atoms. The highest BCUT2D eigenvalue weighted by Gasteiger charge is 2.16. The van der Waals surface area contributed by atoms with Gasteiger partial charge in [-0.3, -0.25) is 9.52 Å². The molecule has 0 aliphatic carbocycles. The van der Waals surface area contributed by atoms with E-state index in [0.717, 1.165) is 5.56 Å². The fourth-order valence-electron chi connectivity index (χ4n) is 2.53. The van der Waals surface area contributed by atoms with Gasteiger partial charge in [-0.25, -0.2) is 8.42 Å². The summed E-state index contributed by atoms with van der Waals surface area (Å²) < 4.78 is 38.0. The highest BCUT2D eigenvalue weighted by atomic mass is 32.2. The quantitative estimate of drug-likeness (QED) is 0.629. The molecule has 1 aromatic heterocycles. The maximum Gasteiger partial charge on any atom is 0.291 e. The number of aryl methyl sites for hydroxylation is 1. The Bertz CT molecular complexity index is 1070. The van der Waals surface area contributed by atoms with Gasteiger partial charge in [0, 0.05) is 12.8 Å². The van der Waals surface area contributed by atoms with Gasteiger partial charge >= 0.3 is 0 Å². The molecular weight excluding hydrogens is 380 g/mol. The summed E-state index contributed by atoms with van der Waals surface area (Å²) in [4.78, 5) is 12.5. The number of hydrogen-bond donors (Lipinski definition) is 2. The summed E-state index contributed by atoms with van der Waals surface area (Å²) in [7, 11) is -2.20. The van der Waals surface area contributed by atoms with Crippen LogP contribution >= 0.6 is 0 Å². The van der Waals surface area contributed by atoms with E-state index in [2.05, 4.69) is 10.0 Å². The minimum atomic E-state index is -3.73. The number of carbonyl (C=O) groups excluding carboxylic acids is 1. The number of carbonyl (C=O) groups is 1. The van der Waals surface area contributed by atoms with Gasteiger partial charge in [-0.15, -0.1) is 0 Å². The third-order valence-electron chi connectivity index (χ3n) is 3.97. The van der Waals surface area contributed by atoms with Gasteiger partial charge in [-0.05, 0) is 48.9 Å². The van der Waals surface area contributed by atoms with Crippen LogP contribution in [0.1, 0.15) is 21.9 Å². The SMILES string of the molecule is COCc1ccc(C(=O)Nc2ccc(C)c(NS(=O)(=O)c3ccccc3)c2)o1. The number of amides is 1. The van der Waals surface area contributed by atoms with E-state index in [0.29, 0.717) is 17.1 Å². The first kappa shape index (κ1) is 19.7. The minimum Gasteiger partial charge on any atom is -0.453 e. The van der Waals surface area contributed by atoms with Crippen molar-refractivity contribution in [1.82, 2.24) is 0 Å². The molecule has 0 aliphatic rings. The van der Waals surface area contributed by atoms with E-state index in [1.807, 2.05) is 0 Å². The van der Waals surface area contributed by atoms with Crippen LogP contribution in [0.25, 0.3) is 0 Å². The van der Waals surface area contributed by atoms with Crippen molar-refractivity contribution in [3.05, 3.63) is 77.7 Å². The molecule has 0 unspecified atom stereocenters. The van der Waals surface area contributed by atoms with Crippen LogP contribution in [0.3, 0.4) is 0 Å². The predicted molar refractivity (Wildman–Crippen MR) is 106 cm³/mol. The van der Waals surface area contributed by atoms with Crippen molar-refractivity contribution in [2.75, 3.05) is 17.1 Å². The lowest BCUT2D eigenvalue weighted by atomic mass is 10.2. The summed E-state index contributed by atoms with van der Waals surface area (Å²) in [5.41, 5.74) is 1.53. The first-order valence-electron chi connectivity index (χ1n) is 8.46. The lowest BCUT2D eigenvalue weighted by molar-refractivity contribution is 0.0987. The number of hydrogen-bond acceptors (Lipinski definition) is 5. The Morgan fingerprint density at radius 2 is 1.82 bits per heavy atom. The number of rotatable bonds is 7. The van der Waals surface area contributed by atoms with Crippen molar-refractivity contribution < 1.29 is 22.4 Å². The second-order valence-corrected chi connectivity index (χ2v) is 7.78. The predicted octanol–water partition coefficient (Wildman–Crippen LogP) is 3.79. The summed E-state index contributed by atoms with van der Waals surface area (Å²) >= 11 is 0. The first-order valence-corrected chi connectivity index (χ1v) is 9.95. The highest BCUT2D eigenvalue weighted by molar-refractivity contribution is 7.92. The standard InChI is InChI=1S/C20H20N2O5S/c1-14-8-9-15(21-20(23)19-11-10-16(27-19)13-26-2)12-18(14)22-28(24,25)17-6-4-3-5-7-17/h3-12,22H,13H2,1-2H3,(H,21,23). The maximum absolute atomic E-state index is 12.5. The molecule has 0 aliphatic heterocycles. The number of furan rings is 1. The van der Waals surface area contributed by atoms with E-state index in [9.17, 15) is 13.2 Å². The minimum absolute atomic E-state index is 0.138. The molecule has 2 aromatic carbocycles. The largest absolute Gasteiger partial charge is 0.453 e. The third kappa shape index (κ3) is 4.59. The smallest absolute Gasteiger partial charge is 0.291 e. The zero-order chi connectivity index (χ0) is 20.1. The monoisotopic (exact) mass is 400 g/mol. The van der Waals surface area contributed by atoms with E-state index in [1.165, 1.54) is 19.2 Å². The van der Waals surface area contributed by atoms with E-state index >= 15 is 0 Å². The Morgan fingerprint density at radius 3 is 2.54 bits per heavy atom. The van der Waals surface area contributed by atoms with Crippen molar-refractivity contribution in [3.63, 3.8) is 0 Å². The average molecular weight is 400 g/mol. The number of sulfonamides is 1. The van der Waals surface area contributed by atoms with Crippen LogP contribution < -0.4 is 10.0 Å². The van der Waals surface area contributed by atoms with E-state index in [1.54, 1.807) is 55.5 Å². The zero-order valence-corrected chi connectivity index (χ0v) is 16.2. The Balaban J connectivity index is 1.78. The Kier molecular flexibility index (Phi) is 5.81. The van der Waals surface area contributed by atoms with Crippen molar-refractivity contribution in [1.29, 1.82) is 0 Å². The van der Waals surface area contributed by atoms with Gasteiger partial charge in [0.05, 0.1) is 10.6 Å². The molecule has 0 bridgehead atoms. The van der Waals surface area contributed by atoms with Gasteiger partial charge in [-0.2, -0.15) is 0 Å². The van der Waals surface area contributed by atoms with E-state index < -0.39 is 15.9 Å². The first-order chi connectivity index (χ1) is 13.4. The molecule has 8 heteroatoms. The van der Waals surface area contributed by atoms with Crippen LogP contribution in [0.2, 0.25) is 0 Å². The maximum atomic E-state index is 12.5. The molecule has 1 heterocycles. The molecule has 0 fully saturated rings. The second kappa shape index (κ2) is 8.28. The topological polar surface area (TPSA) is 97.6 Å². The Hall–Kier alpha value is -3.10. The summed E-state index contributed by atoms with van der Waals surface area (Å²) in [6.45, 7) is 2.04. The normalized spacial score (nSPS) is 11.2. The highest BCUT2D eigenvalue weighted by Crippen LogP contribution is 2.24. The molecule has 7 nitrogen and oxygen atoms in total. The van der Waals surface area contributed by atoms with Crippen molar-refractivity contribution >= 4 is 27.3 Å². The molecule has 0 atom stereocenters. The van der Waals surface area contributed by atoms with Crippen LogP contribution in [-0.4, -0.2) is 21.4 Å². The van der Waals surface area contributed by atoms with Gasteiger partial charge < -0.3 is 14.5 Å². The fraction of sp³-hybridized carbons (Fsp3) is 0.150. The average Bonchev–Trinajstić information content (AvgIpc) is 3.14. The third-order valence-corrected chi connectivity index (χ3v) is 5.35. The number of methoxy groups -OCH3 is 1. The molecule has 0 saturated carbocycles. The lowest BCUT2D eigenvalue weighted by Gasteiger charge is -2.12. The number of nitrogens with one attached hydrogen (secondary N) is 2. The van der Waals surface area contributed by atoms with Crippen LogP contribution in [0.15, 0.2) is 70.0 Å². The summed E-state index contributed by atoms with van der Waals surface area (Å²) in [5, 5.41) is 2.70. The van der Waals surface area contributed by atoms with Crippen LogP contribution in [-0.2, 0) is 21.4 Å². The fourth-order valence-corrected chi connectivity index (χ4v) is 3.67. The lowest BCUT2D eigenvalue weighted by Crippen LogP contribution is -2.15. The van der Waals surface area contributed by atoms with E-state index in [4.69, 9.17) is 9.15 Å². The van der Waals surface area contributed by atoms with Gasteiger partial charge in [0.2, 0.25) is 0 Å². The van der Waals surface area contributed by atoms with Crippen molar-refractivity contribution in [2.45, 2.75) is 18.4 Å². The van der Waals surface area contributed by atoms with Crippen molar-refractivity contribution in [3.8, 4) is 0 Å². The Labute approximate surface area is 163 Å². The molecule has 3 rings (SSSR count). The van der Waals surface area contributed by atoms with Crippen LogP contribution in [0, 0.1) is 6.92 Å².